The molecule has 140 valence electrons. The first-order valence-corrected chi connectivity index (χ1v) is 10.1. The maximum atomic E-state index is 12.6. The second-order valence-electron chi connectivity index (χ2n) is 6.52. The molecule has 0 bridgehead atoms. The second-order valence-corrected chi connectivity index (χ2v) is 7.64. The van der Waals surface area contributed by atoms with Crippen LogP contribution in [0.1, 0.15) is 30.3 Å². The summed E-state index contributed by atoms with van der Waals surface area (Å²) in [5.74, 6) is 1.70. The van der Waals surface area contributed by atoms with E-state index in [9.17, 15) is 4.79 Å². The lowest BCUT2D eigenvalue weighted by Crippen LogP contribution is -2.30. The maximum Gasteiger partial charge on any atom is 0.231 e. The third kappa shape index (κ3) is 4.06. The minimum atomic E-state index is 0.177. The Morgan fingerprint density at radius 3 is 2.89 bits per heavy atom. The number of fused-ring (bicyclic) bond motifs is 2. The average Bonchev–Trinajstić information content (AvgIpc) is 3.31. The Hall–Kier alpha value is -2.60. The Bertz CT molecular complexity index is 921. The Balaban J connectivity index is 1.32. The highest BCUT2D eigenvalue weighted by Crippen LogP contribution is 2.32. The van der Waals surface area contributed by atoms with Gasteiger partial charge in [0.25, 0.3) is 0 Å². The molecule has 6 heteroatoms. The van der Waals surface area contributed by atoms with Crippen LogP contribution in [-0.4, -0.2) is 29.1 Å². The van der Waals surface area contributed by atoms with Gasteiger partial charge in [0.1, 0.15) is 0 Å². The van der Waals surface area contributed by atoms with Crippen molar-refractivity contribution in [1.29, 1.82) is 0 Å². The summed E-state index contributed by atoms with van der Waals surface area (Å²) in [5, 5.41) is 1.10. The van der Waals surface area contributed by atoms with Gasteiger partial charge in [0, 0.05) is 19.5 Å². The first-order chi connectivity index (χ1) is 13.2. The molecular formula is C21H22N2O3S. The number of hydrogen-bond acceptors (Lipinski definition) is 5. The van der Waals surface area contributed by atoms with E-state index in [0.717, 1.165) is 40.4 Å². The van der Waals surface area contributed by atoms with Crippen LogP contribution in [-0.2, 0) is 17.8 Å². The van der Waals surface area contributed by atoms with Crippen LogP contribution in [0.5, 0.6) is 11.5 Å². The minimum Gasteiger partial charge on any atom is -0.454 e. The summed E-state index contributed by atoms with van der Waals surface area (Å²) in [5.41, 5.74) is 2.10. The van der Waals surface area contributed by atoms with E-state index in [0.29, 0.717) is 19.5 Å². The number of rotatable bonds is 7. The van der Waals surface area contributed by atoms with Gasteiger partial charge in [0.2, 0.25) is 12.7 Å². The summed E-state index contributed by atoms with van der Waals surface area (Å²) in [4.78, 5) is 19.2. The molecule has 0 spiro atoms. The Morgan fingerprint density at radius 1 is 1.19 bits per heavy atom. The SMILES string of the molecule is CCN(Cc1ccc2c(c1)OCO2)C(=O)CCCc1nc2ccccc2s1. The zero-order valence-electron chi connectivity index (χ0n) is 15.3. The minimum absolute atomic E-state index is 0.177. The largest absolute Gasteiger partial charge is 0.454 e. The van der Waals surface area contributed by atoms with E-state index in [1.807, 2.05) is 48.2 Å². The molecular weight excluding hydrogens is 360 g/mol. The molecule has 4 rings (SSSR count). The van der Waals surface area contributed by atoms with E-state index in [2.05, 4.69) is 11.1 Å². The topological polar surface area (TPSA) is 51.7 Å². The summed E-state index contributed by atoms with van der Waals surface area (Å²) in [6.45, 7) is 3.56. The van der Waals surface area contributed by atoms with Crippen LogP contribution in [0.25, 0.3) is 10.2 Å². The predicted molar refractivity (Wildman–Crippen MR) is 106 cm³/mol. The van der Waals surface area contributed by atoms with Gasteiger partial charge in [-0.3, -0.25) is 4.79 Å². The van der Waals surface area contributed by atoms with Crippen molar-refractivity contribution in [2.45, 2.75) is 32.7 Å². The number of aryl methyl sites for hydroxylation is 1. The van der Waals surface area contributed by atoms with Crippen molar-refractivity contribution >= 4 is 27.5 Å². The molecule has 0 aliphatic carbocycles. The highest BCUT2D eigenvalue weighted by Gasteiger charge is 2.16. The van der Waals surface area contributed by atoms with Gasteiger partial charge in [-0.2, -0.15) is 0 Å². The van der Waals surface area contributed by atoms with Gasteiger partial charge in [-0.05, 0) is 49.6 Å². The molecule has 0 N–H and O–H groups in total. The molecule has 1 aliphatic rings. The summed E-state index contributed by atoms with van der Waals surface area (Å²) >= 11 is 1.72. The molecule has 5 nitrogen and oxygen atoms in total. The van der Waals surface area contributed by atoms with Crippen molar-refractivity contribution in [2.75, 3.05) is 13.3 Å². The van der Waals surface area contributed by atoms with Crippen LogP contribution in [0.3, 0.4) is 0 Å². The lowest BCUT2D eigenvalue weighted by molar-refractivity contribution is -0.131. The zero-order valence-corrected chi connectivity index (χ0v) is 16.1. The molecule has 0 saturated heterocycles. The number of carbonyl (C=O) groups is 1. The molecule has 0 unspecified atom stereocenters. The molecule has 3 aromatic rings. The lowest BCUT2D eigenvalue weighted by atomic mass is 10.1. The molecule has 27 heavy (non-hydrogen) atoms. The van der Waals surface area contributed by atoms with Crippen LogP contribution in [0.2, 0.25) is 0 Å². The van der Waals surface area contributed by atoms with Gasteiger partial charge in [0.15, 0.2) is 11.5 Å². The van der Waals surface area contributed by atoms with Crippen molar-refractivity contribution in [1.82, 2.24) is 9.88 Å². The summed E-state index contributed by atoms with van der Waals surface area (Å²) in [7, 11) is 0. The monoisotopic (exact) mass is 382 g/mol. The normalized spacial score (nSPS) is 12.5. The number of para-hydroxylation sites is 1. The first-order valence-electron chi connectivity index (χ1n) is 9.23. The highest BCUT2D eigenvalue weighted by molar-refractivity contribution is 7.18. The second kappa shape index (κ2) is 7.96. The quantitative estimate of drug-likeness (QED) is 0.608. The molecule has 0 fully saturated rings. The fourth-order valence-electron chi connectivity index (χ4n) is 3.21. The zero-order chi connectivity index (χ0) is 18.6. The Kier molecular flexibility index (Phi) is 5.25. The number of ether oxygens (including phenoxy) is 2. The summed E-state index contributed by atoms with van der Waals surface area (Å²) in [6, 6.07) is 14.0. The average molecular weight is 382 g/mol. The fourth-order valence-corrected chi connectivity index (χ4v) is 4.22. The van der Waals surface area contributed by atoms with Gasteiger partial charge in [-0.1, -0.05) is 18.2 Å². The van der Waals surface area contributed by atoms with Crippen LogP contribution < -0.4 is 9.47 Å². The van der Waals surface area contributed by atoms with Crippen molar-refractivity contribution in [2.24, 2.45) is 0 Å². The fraction of sp³-hybridized carbons (Fsp3) is 0.333. The molecule has 2 heterocycles. The van der Waals surface area contributed by atoms with E-state index < -0.39 is 0 Å². The smallest absolute Gasteiger partial charge is 0.231 e. The van der Waals surface area contributed by atoms with E-state index in [-0.39, 0.29) is 12.7 Å². The van der Waals surface area contributed by atoms with Crippen LogP contribution in [0, 0.1) is 0 Å². The van der Waals surface area contributed by atoms with Gasteiger partial charge in [-0.25, -0.2) is 4.98 Å². The number of carbonyl (C=O) groups excluding carboxylic acids is 1. The Labute approximate surface area is 162 Å². The lowest BCUT2D eigenvalue weighted by Gasteiger charge is -2.21. The van der Waals surface area contributed by atoms with Crippen molar-refractivity contribution in [3.8, 4) is 11.5 Å². The molecule has 1 aromatic heterocycles. The number of hydrogen-bond donors (Lipinski definition) is 0. The standard InChI is InChI=1S/C21H22N2O3S/c1-2-23(13-15-10-11-17-18(12-15)26-14-25-17)21(24)9-5-8-20-22-16-6-3-4-7-19(16)27-20/h3-4,6-7,10-12H,2,5,8-9,13-14H2,1H3. The molecule has 1 aliphatic heterocycles. The van der Waals surface area contributed by atoms with Gasteiger partial charge in [0.05, 0.1) is 15.2 Å². The number of benzene rings is 2. The highest BCUT2D eigenvalue weighted by atomic mass is 32.1. The molecule has 0 atom stereocenters. The van der Waals surface area contributed by atoms with Crippen LogP contribution >= 0.6 is 11.3 Å². The summed E-state index contributed by atoms with van der Waals surface area (Å²) in [6.07, 6.45) is 2.19. The van der Waals surface area contributed by atoms with Gasteiger partial charge in [-0.15, -0.1) is 11.3 Å². The molecule has 1 amide bonds. The van der Waals surface area contributed by atoms with Crippen LogP contribution in [0.4, 0.5) is 0 Å². The van der Waals surface area contributed by atoms with Gasteiger partial charge < -0.3 is 14.4 Å². The van der Waals surface area contributed by atoms with Crippen molar-refractivity contribution in [3.05, 3.63) is 53.0 Å². The summed E-state index contributed by atoms with van der Waals surface area (Å²) < 4.78 is 12.0. The van der Waals surface area contributed by atoms with E-state index >= 15 is 0 Å². The van der Waals surface area contributed by atoms with E-state index in [1.54, 1.807) is 11.3 Å². The number of nitrogens with zero attached hydrogens (tertiary/aromatic N) is 2. The Morgan fingerprint density at radius 2 is 2.04 bits per heavy atom. The number of amides is 1. The predicted octanol–water partition coefficient (Wildman–Crippen LogP) is 4.40. The first kappa shape index (κ1) is 17.8. The van der Waals surface area contributed by atoms with E-state index in [4.69, 9.17) is 9.47 Å². The van der Waals surface area contributed by atoms with E-state index in [1.165, 1.54) is 4.70 Å². The third-order valence-electron chi connectivity index (χ3n) is 4.66. The van der Waals surface area contributed by atoms with Crippen molar-refractivity contribution in [3.63, 3.8) is 0 Å². The molecule has 2 aromatic carbocycles. The van der Waals surface area contributed by atoms with Crippen molar-refractivity contribution < 1.29 is 14.3 Å². The molecule has 0 saturated carbocycles. The molecule has 0 radical (unpaired) electrons. The maximum absolute atomic E-state index is 12.6. The number of thiazole rings is 1. The van der Waals surface area contributed by atoms with Crippen LogP contribution in [0.15, 0.2) is 42.5 Å². The third-order valence-corrected chi connectivity index (χ3v) is 5.76. The van der Waals surface area contributed by atoms with Gasteiger partial charge >= 0.3 is 0 Å². The number of aromatic nitrogens is 1.